The number of hydrogen-bond donors (Lipinski definition) is 1. The third kappa shape index (κ3) is 4.58. The predicted octanol–water partition coefficient (Wildman–Crippen LogP) is 4.05. The largest absolute Gasteiger partial charge is 0.319 e. The maximum Gasteiger partial charge on any atom is 0.295 e. The summed E-state index contributed by atoms with van der Waals surface area (Å²) in [5, 5.41) is 3.40. The highest BCUT2D eigenvalue weighted by Crippen LogP contribution is 2.22. The van der Waals surface area contributed by atoms with Crippen LogP contribution >= 0.6 is 11.8 Å². The molecule has 8 nitrogen and oxygen atoms in total. The molecule has 0 saturated carbocycles. The van der Waals surface area contributed by atoms with E-state index in [0.717, 1.165) is 11.8 Å². The number of thioether (sulfide) groups is 1. The van der Waals surface area contributed by atoms with E-state index in [-0.39, 0.29) is 27.7 Å². The molecule has 5 aromatic rings. The van der Waals surface area contributed by atoms with Gasteiger partial charge in [-0.25, -0.2) is 14.1 Å². The summed E-state index contributed by atoms with van der Waals surface area (Å²) in [6.07, 6.45) is 0. The van der Waals surface area contributed by atoms with Crippen molar-refractivity contribution in [1.29, 1.82) is 0 Å². The van der Waals surface area contributed by atoms with Crippen LogP contribution < -0.4 is 16.4 Å². The normalized spacial score (nSPS) is 11.1. The first-order valence-corrected chi connectivity index (χ1v) is 12.4. The van der Waals surface area contributed by atoms with E-state index in [0.29, 0.717) is 28.0 Å². The molecule has 2 aromatic heterocycles. The van der Waals surface area contributed by atoms with Gasteiger partial charge < -0.3 is 5.32 Å². The van der Waals surface area contributed by atoms with Crippen LogP contribution in [0.2, 0.25) is 0 Å². The van der Waals surface area contributed by atoms with Gasteiger partial charge in [0.2, 0.25) is 5.91 Å². The number of carbonyl (C=O) groups is 1. The number of nitrogens with zero attached hydrogens (tertiary/aromatic N) is 4. The molecular formula is C27H22FN5O3S. The van der Waals surface area contributed by atoms with E-state index in [9.17, 15) is 18.8 Å². The lowest BCUT2D eigenvalue weighted by atomic mass is 10.2. The SMILES string of the molecule is Cc1c(NC(=O)CSc2nc3ccccc3c(=O)n2-c2ccc(F)cc2)c(=O)n(-c2ccccc2)n1C. The van der Waals surface area contributed by atoms with E-state index >= 15 is 0 Å². The predicted molar refractivity (Wildman–Crippen MR) is 142 cm³/mol. The highest BCUT2D eigenvalue weighted by molar-refractivity contribution is 7.99. The van der Waals surface area contributed by atoms with Gasteiger partial charge in [0.05, 0.1) is 33.7 Å². The van der Waals surface area contributed by atoms with E-state index in [2.05, 4.69) is 10.3 Å². The monoisotopic (exact) mass is 515 g/mol. The Morgan fingerprint density at radius 2 is 1.59 bits per heavy atom. The number of amides is 1. The lowest BCUT2D eigenvalue weighted by molar-refractivity contribution is -0.113. The molecule has 0 radical (unpaired) electrons. The van der Waals surface area contributed by atoms with E-state index in [1.54, 1.807) is 42.9 Å². The van der Waals surface area contributed by atoms with Gasteiger partial charge in [0, 0.05) is 7.05 Å². The molecule has 37 heavy (non-hydrogen) atoms. The fourth-order valence-corrected chi connectivity index (χ4v) is 4.86. The van der Waals surface area contributed by atoms with Gasteiger partial charge in [-0.1, -0.05) is 42.1 Å². The van der Waals surface area contributed by atoms with Gasteiger partial charge in [-0.3, -0.25) is 23.6 Å². The molecule has 2 heterocycles. The first-order chi connectivity index (χ1) is 17.8. The van der Waals surface area contributed by atoms with Crippen LogP contribution in [0.3, 0.4) is 0 Å². The van der Waals surface area contributed by atoms with Gasteiger partial charge in [0.25, 0.3) is 11.1 Å². The van der Waals surface area contributed by atoms with Crippen LogP contribution in [0, 0.1) is 12.7 Å². The van der Waals surface area contributed by atoms with E-state index in [1.165, 1.54) is 33.5 Å². The van der Waals surface area contributed by atoms with Crippen LogP contribution in [0.1, 0.15) is 5.69 Å². The number of para-hydroxylation sites is 2. The fourth-order valence-electron chi connectivity index (χ4n) is 4.04. The number of rotatable bonds is 6. The number of carbonyl (C=O) groups excluding carboxylic acids is 1. The second-order valence-electron chi connectivity index (χ2n) is 8.30. The maximum absolute atomic E-state index is 13.5. The first kappa shape index (κ1) is 24.3. The zero-order valence-corrected chi connectivity index (χ0v) is 20.8. The smallest absolute Gasteiger partial charge is 0.295 e. The van der Waals surface area contributed by atoms with Gasteiger partial charge in [-0.2, -0.15) is 0 Å². The number of fused-ring (bicyclic) bond motifs is 1. The van der Waals surface area contributed by atoms with E-state index in [1.807, 2.05) is 30.3 Å². The Bertz CT molecular complexity index is 1740. The maximum atomic E-state index is 13.5. The highest BCUT2D eigenvalue weighted by Gasteiger charge is 2.19. The summed E-state index contributed by atoms with van der Waals surface area (Å²) in [4.78, 5) is 43.9. The Labute approximate surface area is 215 Å². The van der Waals surface area contributed by atoms with Gasteiger partial charge in [0.1, 0.15) is 11.5 Å². The molecule has 0 bridgehead atoms. The van der Waals surface area contributed by atoms with Crippen molar-refractivity contribution in [2.24, 2.45) is 7.05 Å². The van der Waals surface area contributed by atoms with Crippen molar-refractivity contribution in [2.75, 3.05) is 11.1 Å². The van der Waals surface area contributed by atoms with Gasteiger partial charge in [-0.05, 0) is 55.5 Å². The molecule has 0 spiro atoms. The summed E-state index contributed by atoms with van der Waals surface area (Å²) >= 11 is 1.05. The second kappa shape index (κ2) is 9.90. The van der Waals surface area contributed by atoms with Crippen molar-refractivity contribution < 1.29 is 9.18 Å². The second-order valence-corrected chi connectivity index (χ2v) is 9.24. The minimum absolute atomic E-state index is 0.106. The van der Waals surface area contributed by atoms with Crippen LogP contribution in [0.25, 0.3) is 22.3 Å². The zero-order valence-electron chi connectivity index (χ0n) is 20.0. The lowest BCUT2D eigenvalue weighted by Gasteiger charge is -2.13. The third-order valence-electron chi connectivity index (χ3n) is 5.98. The molecule has 0 unspecified atom stereocenters. The number of hydrogen-bond acceptors (Lipinski definition) is 5. The van der Waals surface area contributed by atoms with Crippen molar-refractivity contribution >= 4 is 34.3 Å². The Kier molecular flexibility index (Phi) is 6.49. The molecule has 10 heteroatoms. The molecule has 186 valence electrons. The molecule has 0 aliphatic carbocycles. The van der Waals surface area contributed by atoms with Gasteiger partial charge in [0.15, 0.2) is 5.16 Å². The number of aromatic nitrogens is 4. The average molecular weight is 516 g/mol. The lowest BCUT2D eigenvalue weighted by Crippen LogP contribution is -2.25. The molecular weight excluding hydrogens is 493 g/mol. The molecule has 0 aliphatic rings. The molecule has 5 rings (SSSR count). The number of anilines is 1. The molecule has 0 saturated heterocycles. The van der Waals surface area contributed by atoms with Crippen molar-refractivity contribution in [3.05, 3.63) is 111 Å². The Morgan fingerprint density at radius 3 is 2.32 bits per heavy atom. The van der Waals surface area contributed by atoms with Crippen LogP contribution in [0.4, 0.5) is 10.1 Å². The van der Waals surface area contributed by atoms with Crippen molar-refractivity contribution in [3.8, 4) is 11.4 Å². The quantitative estimate of drug-likeness (QED) is 0.272. The van der Waals surface area contributed by atoms with Crippen LogP contribution in [0.15, 0.2) is 93.6 Å². The Morgan fingerprint density at radius 1 is 0.919 bits per heavy atom. The number of halogens is 1. The van der Waals surface area contributed by atoms with Crippen molar-refractivity contribution in [2.45, 2.75) is 12.1 Å². The fraction of sp³-hybridized carbons (Fsp3) is 0.111. The molecule has 0 aliphatic heterocycles. The van der Waals surface area contributed by atoms with Gasteiger partial charge >= 0.3 is 0 Å². The van der Waals surface area contributed by atoms with Crippen LogP contribution in [-0.2, 0) is 11.8 Å². The third-order valence-corrected chi connectivity index (χ3v) is 6.92. The van der Waals surface area contributed by atoms with Crippen molar-refractivity contribution in [3.63, 3.8) is 0 Å². The molecule has 0 atom stereocenters. The Hall–Kier alpha value is -4.44. The zero-order chi connectivity index (χ0) is 26.1. The summed E-state index contributed by atoms with van der Waals surface area (Å²) in [6.45, 7) is 1.75. The summed E-state index contributed by atoms with van der Waals surface area (Å²) in [7, 11) is 1.74. The number of benzene rings is 3. The average Bonchev–Trinajstić information content (AvgIpc) is 3.11. The highest BCUT2D eigenvalue weighted by atomic mass is 32.2. The van der Waals surface area contributed by atoms with Gasteiger partial charge in [-0.15, -0.1) is 0 Å². The van der Waals surface area contributed by atoms with Crippen molar-refractivity contribution in [1.82, 2.24) is 18.9 Å². The minimum Gasteiger partial charge on any atom is -0.319 e. The topological polar surface area (TPSA) is 90.9 Å². The first-order valence-electron chi connectivity index (χ1n) is 11.4. The summed E-state index contributed by atoms with van der Waals surface area (Å²) < 4.78 is 18.0. The molecule has 1 N–H and O–H groups in total. The number of nitrogens with one attached hydrogen (secondary N) is 1. The molecule has 0 fully saturated rings. The minimum atomic E-state index is -0.432. The standard InChI is InChI=1S/C27H22FN5O3S/c1-17-24(26(36)33(31(17)2)20-8-4-3-5-9-20)30-23(34)16-37-27-29-22-11-7-6-10-21(22)25(35)32(27)19-14-12-18(28)13-15-19/h3-15H,16H2,1-2H3,(H,30,34). The van der Waals surface area contributed by atoms with Crippen LogP contribution in [-0.4, -0.2) is 30.6 Å². The van der Waals surface area contributed by atoms with E-state index in [4.69, 9.17) is 0 Å². The summed E-state index contributed by atoms with van der Waals surface area (Å²) in [5.74, 6) is -0.965. The van der Waals surface area contributed by atoms with E-state index < -0.39 is 11.7 Å². The Balaban J connectivity index is 1.45. The van der Waals surface area contributed by atoms with Crippen LogP contribution in [0.5, 0.6) is 0 Å². The summed E-state index contributed by atoms with van der Waals surface area (Å²) in [6, 6.07) is 21.5. The molecule has 1 amide bonds. The molecule has 3 aromatic carbocycles. The summed E-state index contributed by atoms with van der Waals surface area (Å²) in [5.41, 5.74) is 1.69.